The number of thioether (sulfide) groups is 1. The topological polar surface area (TPSA) is 30.0 Å². The molecule has 0 bridgehead atoms. The van der Waals surface area contributed by atoms with Crippen molar-refractivity contribution in [2.45, 2.75) is 10.6 Å². The maximum atomic E-state index is 11.4. The molecular weight excluding hydrogens is 416 g/mol. The first-order valence-corrected chi connectivity index (χ1v) is 10.3. The van der Waals surface area contributed by atoms with Gasteiger partial charge in [-0.05, 0) is 0 Å². The van der Waals surface area contributed by atoms with E-state index in [1.165, 1.54) is 0 Å². The molecular formula is C17H11Cl2NOSSe. The third-order valence-corrected chi connectivity index (χ3v) is 6.65. The van der Waals surface area contributed by atoms with Gasteiger partial charge < -0.3 is 0 Å². The summed E-state index contributed by atoms with van der Waals surface area (Å²) >= 11 is 13.3. The van der Waals surface area contributed by atoms with Crippen molar-refractivity contribution in [3.8, 4) is 10.1 Å². The van der Waals surface area contributed by atoms with Gasteiger partial charge in [-0.3, -0.25) is 0 Å². The van der Waals surface area contributed by atoms with E-state index >= 15 is 0 Å². The maximum absolute atomic E-state index is 11.4. The molecule has 0 unspecified atom stereocenters. The van der Waals surface area contributed by atoms with Crippen LogP contribution in [0.2, 0.25) is 5.02 Å². The Bertz CT molecular complexity index is 833. The van der Waals surface area contributed by atoms with Gasteiger partial charge in [-0.2, -0.15) is 0 Å². The van der Waals surface area contributed by atoms with E-state index in [1.54, 1.807) is 17.8 Å². The average Bonchev–Trinajstić information content (AvgIpc) is 3.03. The van der Waals surface area contributed by atoms with Gasteiger partial charge in [-0.15, -0.1) is 0 Å². The normalized spacial score (nSPS) is 10.7. The third kappa shape index (κ3) is 4.28. The zero-order valence-corrected chi connectivity index (χ0v) is 15.9. The molecule has 1 aromatic heterocycles. The Labute approximate surface area is 154 Å². The fourth-order valence-electron chi connectivity index (χ4n) is 2.00. The van der Waals surface area contributed by atoms with Gasteiger partial charge in [0.05, 0.1) is 0 Å². The van der Waals surface area contributed by atoms with Crippen LogP contribution in [0.15, 0.2) is 58.4 Å². The van der Waals surface area contributed by atoms with Crippen LogP contribution < -0.4 is 0 Å². The first kappa shape index (κ1) is 16.8. The molecule has 0 aliphatic carbocycles. The molecule has 1 heterocycles. The average molecular weight is 427 g/mol. The second-order valence-electron chi connectivity index (χ2n) is 4.71. The predicted octanol–water partition coefficient (Wildman–Crippen LogP) is 5.13. The first-order chi connectivity index (χ1) is 11.1. The number of hydrogen-bond donors (Lipinski definition) is 0. The van der Waals surface area contributed by atoms with Gasteiger partial charge in [-0.25, -0.2) is 0 Å². The molecule has 0 radical (unpaired) electrons. The molecule has 3 aromatic rings. The van der Waals surface area contributed by atoms with Crippen LogP contribution in [-0.4, -0.2) is 24.7 Å². The number of carbonyl (C=O) groups excluding carboxylic acids is 1. The van der Waals surface area contributed by atoms with Crippen molar-refractivity contribution in [1.82, 2.24) is 4.98 Å². The monoisotopic (exact) mass is 427 g/mol. The Kier molecular flexibility index (Phi) is 5.62. The molecule has 116 valence electrons. The molecule has 0 saturated heterocycles. The summed E-state index contributed by atoms with van der Waals surface area (Å²) < 4.78 is 1.10. The number of nitrogens with zero attached hydrogens (tertiary/aromatic N) is 1. The molecule has 6 heteroatoms. The summed E-state index contributed by atoms with van der Waals surface area (Å²) in [5.74, 6) is 0.722. The molecule has 0 aliphatic rings. The van der Waals surface area contributed by atoms with Crippen molar-refractivity contribution in [3.05, 3.63) is 69.8 Å². The molecule has 3 rings (SSSR count). The van der Waals surface area contributed by atoms with Gasteiger partial charge in [0.2, 0.25) is 0 Å². The Hall–Kier alpha value is -1.03. The zero-order valence-electron chi connectivity index (χ0n) is 11.8. The Morgan fingerprint density at radius 1 is 1.13 bits per heavy atom. The van der Waals surface area contributed by atoms with Crippen molar-refractivity contribution < 1.29 is 4.79 Å². The number of hydrogen-bond acceptors (Lipinski definition) is 3. The molecule has 0 atom stereocenters. The minimum atomic E-state index is -0.428. The van der Waals surface area contributed by atoms with E-state index in [1.807, 2.05) is 42.5 Å². The quantitative estimate of drug-likeness (QED) is 0.321. The van der Waals surface area contributed by atoms with Crippen molar-refractivity contribution >= 4 is 54.7 Å². The SMILES string of the molecule is O=C(Cl)c1ccccc1SCc1c[se]c(-c2ccc(Cl)cc2)n1. The summed E-state index contributed by atoms with van der Waals surface area (Å²) in [5.41, 5.74) is 2.70. The van der Waals surface area contributed by atoms with E-state index in [4.69, 9.17) is 28.2 Å². The number of aromatic nitrogens is 1. The van der Waals surface area contributed by atoms with E-state index in [9.17, 15) is 4.79 Å². The van der Waals surface area contributed by atoms with Crippen molar-refractivity contribution in [2.75, 3.05) is 0 Å². The van der Waals surface area contributed by atoms with Crippen LogP contribution in [0, 0.1) is 0 Å². The molecule has 0 spiro atoms. The molecule has 0 amide bonds. The molecule has 23 heavy (non-hydrogen) atoms. The summed E-state index contributed by atoms with van der Waals surface area (Å²) in [6.07, 6.45) is 0. The fraction of sp³-hybridized carbons (Fsp3) is 0.0588. The number of halogens is 2. The van der Waals surface area contributed by atoms with Crippen LogP contribution in [0.1, 0.15) is 16.1 Å². The van der Waals surface area contributed by atoms with Crippen LogP contribution in [0.3, 0.4) is 0 Å². The van der Waals surface area contributed by atoms with Gasteiger partial charge >= 0.3 is 155 Å². The summed E-state index contributed by atoms with van der Waals surface area (Å²) in [7, 11) is 0. The minimum absolute atomic E-state index is 0.228. The third-order valence-electron chi connectivity index (χ3n) is 3.12. The van der Waals surface area contributed by atoms with Gasteiger partial charge in [0.25, 0.3) is 0 Å². The second-order valence-corrected chi connectivity index (χ2v) is 8.31. The Morgan fingerprint density at radius 3 is 2.61 bits per heavy atom. The van der Waals surface area contributed by atoms with Crippen molar-refractivity contribution in [3.63, 3.8) is 0 Å². The molecule has 0 N–H and O–H groups in total. The van der Waals surface area contributed by atoms with Gasteiger partial charge in [-0.1, -0.05) is 0 Å². The molecule has 2 nitrogen and oxygen atoms in total. The van der Waals surface area contributed by atoms with E-state index in [0.29, 0.717) is 5.56 Å². The number of carbonyl (C=O) groups is 1. The van der Waals surface area contributed by atoms with Crippen LogP contribution in [0.25, 0.3) is 10.1 Å². The van der Waals surface area contributed by atoms with Gasteiger partial charge in [0, 0.05) is 0 Å². The van der Waals surface area contributed by atoms with Crippen LogP contribution >= 0.6 is 35.0 Å². The summed E-state index contributed by atoms with van der Waals surface area (Å²) in [6, 6.07) is 15.1. The van der Waals surface area contributed by atoms with E-state index < -0.39 is 5.24 Å². The first-order valence-electron chi connectivity index (χ1n) is 6.75. The van der Waals surface area contributed by atoms with Gasteiger partial charge in [0.1, 0.15) is 0 Å². The van der Waals surface area contributed by atoms with Gasteiger partial charge in [0.15, 0.2) is 0 Å². The molecule has 0 aliphatic heterocycles. The number of rotatable bonds is 5. The molecule has 2 aromatic carbocycles. The second kappa shape index (κ2) is 7.69. The van der Waals surface area contributed by atoms with E-state index in [2.05, 4.69) is 4.94 Å². The Morgan fingerprint density at radius 2 is 1.87 bits per heavy atom. The van der Waals surface area contributed by atoms with Crippen molar-refractivity contribution in [2.24, 2.45) is 0 Å². The summed E-state index contributed by atoms with van der Waals surface area (Å²) in [4.78, 5) is 19.2. The van der Waals surface area contributed by atoms with Crippen LogP contribution in [0.5, 0.6) is 0 Å². The van der Waals surface area contributed by atoms with Crippen LogP contribution in [0.4, 0.5) is 0 Å². The zero-order chi connectivity index (χ0) is 16.2. The standard InChI is InChI=1S/C17H11Cl2NOSSe/c18-12-7-5-11(6-8-12)17-20-13(10-23-17)9-22-15-4-2-1-3-14(15)16(19)21/h1-8,10H,9H2. The number of benzene rings is 2. The summed E-state index contributed by atoms with van der Waals surface area (Å²) in [6.45, 7) is 0. The Balaban J connectivity index is 1.73. The van der Waals surface area contributed by atoms with Crippen molar-refractivity contribution in [1.29, 1.82) is 0 Å². The molecule has 0 fully saturated rings. The fourth-order valence-corrected chi connectivity index (χ4v) is 5.26. The summed E-state index contributed by atoms with van der Waals surface area (Å²) in [5, 5.41) is 0.300. The van der Waals surface area contributed by atoms with E-state index in [-0.39, 0.29) is 14.5 Å². The van der Waals surface area contributed by atoms with E-state index in [0.717, 1.165) is 31.5 Å². The predicted molar refractivity (Wildman–Crippen MR) is 97.8 cm³/mol. The molecule has 0 saturated carbocycles. The van der Waals surface area contributed by atoms with Crippen LogP contribution in [-0.2, 0) is 5.75 Å².